The molecule has 3 N–H and O–H groups in total. The molecule has 1 aliphatic heterocycles. The van der Waals surface area contributed by atoms with Crippen LogP contribution in [-0.4, -0.2) is 49.2 Å². The van der Waals surface area contributed by atoms with Crippen molar-refractivity contribution >= 4 is 33.3 Å². The molecule has 0 bridgehead atoms. The van der Waals surface area contributed by atoms with Gasteiger partial charge in [0.05, 0.1) is 5.69 Å². The highest BCUT2D eigenvalue weighted by Gasteiger charge is 2.15. The SMILES string of the molecule is CN=C(NCCc1csc(N2CCCC2)n1)NCCc1c[nH]c2cccc(C)c12. The van der Waals surface area contributed by atoms with E-state index < -0.39 is 0 Å². The first-order chi connectivity index (χ1) is 14.2. The number of aliphatic imine (C=N–C) groups is 1. The second-order valence-corrected chi connectivity index (χ2v) is 8.39. The average molecular weight is 411 g/mol. The van der Waals surface area contributed by atoms with E-state index in [1.807, 2.05) is 7.05 Å². The van der Waals surface area contributed by atoms with Crippen LogP contribution < -0.4 is 15.5 Å². The molecule has 0 aliphatic carbocycles. The normalized spacial score (nSPS) is 14.7. The second kappa shape index (κ2) is 9.31. The van der Waals surface area contributed by atoms with Gasteiger partial charge in [0.25, 0.3) is 0 Å². The van der Waals surface area contributed by atoms with E-state index in [4.69, 9.17) is 4.98 Å². The summed E-state index contributed by atoms with van der Waals surface area (Å²) in [5.41, 5.74) is 5.03. The third-order valence-electron chi connectivity index (χ3n) is 5.50. The van der Waals surface area contributed by atoms with E-state index in [0.717, 1.165) is 50.7 Å². The molecule has 0 radical (unpaired) electrons. The first kappa shape index (κ1) is 19.8. The summed E-state index contributed by atoms with van der Waals surface area (Å²) in [6.45, 7) is 6.14. The number of H-pyrrole nitrogens is 1. The number of fused-ring (bicyclic) bond motifs is 1. The number of aryl methyl sites for hydroxylation is 1. The van der Waals surface area contributed by atoms with E-state index in [0.29, 0.717) is 0 Å². The minimum Gasteiger partial charge on any atom is -0.361 e. The van der Waals surface area contributed by atoms with Gasteiger partial charge in [0.1, 0.15) is 0 Å². The van der Waals surface area contributed by atoms with E-state index >= 15 is 0 Å². The topological polar surface area (TPSA) is 68.3 Å². The Hall–Kier alpha value is -2.54. The van der Waals surface area contributed by atoms with Gasteiger partial charge in [-0.15, -0.1) is 11.3 Å². The lowest BCUT2D eigenvalue weighted by Gasteiger charge is -2.12. The van der Waals surface area contributed by atoms with Crippen LogP contribution in [0.1, 0.15) is 29.7 Å². The zero-order valence-electron chi connectivity index (χ0n) is 17.3. The largest absolute Gasteiger partial charge is 0.361 e. The Bertz CT molecular complexity index is 967. The van der Waals surface area contributed by atoms with Crippen LogP contribution in [0, 0.1) is 6.92 Å². The highest BCUT2D eigenvalue weighted by Crippen LogP contribution is 2.24. The van der Waals surface area contributed by atoms with Crippen molar-refractivity contribution in [1.29, 1.82) is 0 Å². The smallest absolute Gasteiger partial charge is 0.190 e. The summed E-state index contributed by atoms with van der Waals surface area (Å²) in [6.07, 6.45) is 6.56. The molecular weight excluding hydrogens is 380 g/mol. The van der Waals surface area contributed by atoms with Crippen LogP contribution in [0.5, 0.6) is 0 Å². The summed E-state index contributed by atoms with van der Waals surface area (Å²) < 4.78 is 0. The lowest BCUT2D eigenvalue weighted by molar-refractivity contribution is 0.778. The summed E-state index contributed by atoms with van der Waals surface area (Å²) in [6, 6.07) is 6.40. The fourth-order valence-electron chi connectivity index (χ4n) is 3.96. The maximum atomic E-state index is 4.79. The monoisotopic (exact) mass is 410 g/mol. The van der Waals surface area contributed by atoms with Crippen molar-refractivity contribution < 1.29 is 0 Å². The molecule has 0 amide bonds. The van der Waals surface area contributed by atoms with Crippen molar-refractivity contribution in [2.24, 2.45) is 4.99 Å². The number of hydrogen-bond donors (Lipinski definition) is 3. The first-order valence-electron chi connectivity index (χ1n) is 10.4. The van der Waals surface area contributed by atoms with Crippen LogP contribution in [0.4, 0.5) is 5.13 Å². The van der Waals surface area contributed by atoms with E-state index in [9.17, 15) is 0 Å². The van der Waals surface area contributed by atoms with Gasteiger partial charge in [-0.05, 0) is 43.4 Å². The van der Waals surface area contributed by atoms with E-state index in [-0.39, 0.29) is 0 Å². The molecule has 0 atom stereocenters. The molecular formula is C22H30N6S. The molecule has 1 saturated heterocycles. The van der Waals surface area contributed by atoms with Crippen LogP contribution in [0.3, 0.4) is 0 Å². The predicted molar refractivity (Wildman–Crippen MR) is 123 cm³/mol. The predicted octanol–water partition coefficient (Wildman–Crippen LogP) is 3.48. The number of hydrogen-bond acceptors (Lipinski definition) is 4. The van der Waals surface area contributed by atoms with Crippen LogP contribution >= 0.6 is 11.3 Å². The van der Waals surface area contributed by atoms with Crippen molar-refractivity contribution in [2.75, 3.05) is 38.1 Å². The Labute approximate surface area is 176 Å². The molecule has 6 nitrogen and oxygen atoms in total. The number of guanidine groups is 1. The Morgan fingerprint density at radius 2 is 2.00 bits per heavy atom. The van der Waals surface area contributed by atoms with Gasteiger partial charge in [-0.2, -0.15) is 0 Å². The lowest BCUT2D eigenvalue weighted by Crippen LogP contribution is -2.39. The molecule has 0 unspecified atom stereocenters. The molecule has 1 aliphatic rings. The third-order valence-corrected chi connectivity index (χ3v) is 6.45. The highest BCUT2D eigenvalue weighted by molar-refractivity contribution is 7.13. The third kappa shape index (κ3) is 4.72. The number of anilines is 1. The first-order valence-corrected chi connectivity index (χ1v) is 11.3. The van der Waals surface area contributed by atoms with E-state index in [1.165, 1.54) is 40.0 Å². The summed E-state index contributed by atoms with van der Waals surface area (Å²) >= 11 is 1.76. The Morgan fingerprint density at radius 3 is 2.79 bits per heavy atom. The molecule has 3 aromatic rings. The molecule has 0 spiro atoms. The van der Waals surface area contributed by atoms with Crippen LogP contribution in [-0.2, 0) is 12.8 Å². The number of thiazole rings is 1. The Kier molecular flexibility index (Phi) is 6.34. The number of benzene rings is 1. The second-order valence-electron chi connectivity index (χ2n) is 7.55. The number of rotatable bonds is 7. The zero-order valence-corrected chi connectivity index (χ0v) is 18.1. The van der Waals surface area contributed by atoms with Crippen LogP contribution in [0.25, 0.3) is 10.9 Å². The number of aromatic nitrogens is 2. The fraction of sp³-hybridized carbons (Fsp3) is 0.455. The average Bonchev–Trinajstić information content (AvgIpc) is 3.48. The quantitative estimate of drug-likeness (QED) is 0.412. The summed E-state index contributed by atoms with van der Waals surface area (Å²) in [4.78, 5) is 14.9. The van der Waals surface area contributed by atoms with Gasteiger partial charge in [-0.25, -0.2) is 4.98 Å². The van der Waals surface area contributed by atoms with Gasteiger partial charge < -0.3 is 20.5 Å². The molecule has 1 aromatic carbocycles. The van der Waals surface area contributed by atoms with Gasteiger partial charge in [-0.1, -0.05) is 12.1 Å². The fourth-order valence-corrected chi connectivity index (χ4v) is 4.87. The van der Waals surface area contributed by atoms with Gasteiger partial charge in [0.15, 0.2) is 11.1 Å². The molecule has 1 fully saturated rings. The van der Waals surface area contributed by atoms with Crippen LogP contribution in [0.15, 0.2) is 34.8 Å². The number of aromatic amines is 1. The van der Waals surface area contributed by atoms with Crippen molar-refractivity contribution in [3.05, 3.63) is 46.6 Å². The van der Waals surface area contributed by atoms with Gasteiger partial charge in [0, 0.05) is 62.1 Å². The number of nitrogens with one attached hydrogen (secondary N) is 3. The van der Waals surface area contributed by atoms with Gasteiger partial charge >= 0.3 is 0 Å². The van der Waals surface area contributed by atoms with Crippen molar-refractivity contribution in [1.82, 2.24) is 20.6 Å². The molecule has 2 aromatic heterocycles. The van der Waals surface area contributed by atoms with E-state index in [2.05, 4.69) is 62.2 Å². The van der Waals surface area contributed by atoms with Crippen LogP contribution in [0.2, 0.25) is 0 Å². The maximum Gasteiger partial charge on any atom is 0.190 e. The molecule has 3 heterocycles. The molecule has 7 heteroatoms. The Morgan fingerprint density at radius 1 is 1.21 bits per heavy atom. The van der Waals surface area contributed by atoms with Crippen molar-refractivity contribution in [3.8, 4) is 0 Å². The number of nitrogens with zero attached hydrogens (tertiary/aromatic N) is 3. The van der Waals surface area contributed by atoms with Crippen molar-refractivity contribution in [3.63, 3.8) is 0 Å². The van der Waals surface area contributed by atoms with Gasteiger partial charge in [0.2, 0.25) is 0 Å². The molecule has 29 heavy (non-hydrogen) atoms. The summed E-state index contributed by atoms with van der Waals surface area (Å²) in [5.74, 6) is 0.844. The zero-order chi connectivity index (χ0) is 20.1. The molecule has 0 saturated carbocycles. The summed E-state index contributed by atoms with van der Waals surface area (Å²) in [5, 5.41) is 11.5. The maximum absolute atomic E-state index is 4.79. The Balaban J connectivity index is 1.23. The summed E-state index contributed by atoms with van der Waals surface area (Å²) in [7, 11) is 1.82. The minimum atomic E-state index is 0.828. The molecule has 4 rings (SSSR count). The highest BCUT2D eigenvalue weighted by atomic mass is 32.1. The lowest BCUT2D eigenvalue weighted by atomic mass is 10.1. The van der Waals surface area contributed by atoms with E-state index in [1.54, 1.807) is 11.3 Å². The molecule has 154 valence electrons. The minimum absolute atomic E-state index is 0.828. The standard InChI is InChI=1S/C22H30N6S/c1-16-6-5-7-19-20(16)17(14-26-19)8-10-24-21(23-2)25-11-9-18-15-29-22(27-18)28-12-3-4-13-28/h5-7,14-15,26H,3-4,8-13H2,1-2H3,(H2,23,24,25). The van der Waals surface area contributed by atoms with Gasteiger partial charge in [-0.3, -0.25) is 4.99 Å². The van der Waals surface area contributed by atoms with Crippen molar-refractivity contribution in [2.45, 2.75) is 32.6 Å².